The second-order valence-corrected chi connectivity index (χ2v) is 10.2. The highest BCUT2D eigenvalue weighted by atomic mass is 127. The highest BCUT2D eigenvalue weighted by Crippen LogP contribution is 2.34. The van der Waals surface area contributed by atoms with E-state index in [1.54, 1.807) is 6.07 Å². The molecule has 4 N–H and O–H groups in total. The summed E-state index contributed by atoms with van der Waals surface area (Å²) in [5, 5.41) is 9.60. The van der Waals surface area contributed by atoms with E-state index in [2.05, 4.69) is 48.2 Å². The third-order valence-corrected chi connectivity index (χ3v) is 7.23. The number of anilines is 3. The van der Waals surface area contributed by atoms with E-state index in [4.69, 9.17) is 10.5 Å². The molecule has 39 heavy (non-hydrogen) atoms. The summed E-state index contributed by atoms with van der Waals surface area (Å²) in [5.74, 6) is 0.350. The number of urea groups is 1. The summed E-state index contributed by atoms with van der Waals surface area (Å²) in [6.45, 7) is 3.85. The van der Waals surface area contributed by atoms with Crippen LogP contribution >= 0.6 is 22.6 Å². The lowest BCUT2D eigenvalue weighted by atomic mass is 10.1. The Balaban J connectivity index is 1.37. The fourth-order valence-electron chi connectivity index (χ4n) is 4.49. The molecule has 204 valence electrons. The van der Waals surface area contributed by atoms with E-state index in [-0.39, 0.29) is 5.69 Å². The number of ether oxygens (including phenoxy) is 1. The van der Waals surface area contributed by atoms with E-state index in [9.17, 15) is 18.0 Å². The summed E-state index contributed by atoms with van der Waals surface area (Å²) in [6.07, 6.45) is -2.11. The summed E-state index contributed by atoms with van der Waals surface area (Å²) in [4.78, 5) is 19.0. The number of halogens is 4. The SMILES string of the molecule is Nc1ncnn2c(CN3CCCOCC3)cc(-c3ccc(NC(=O)Nc4cccc(C(F)(F)F)c4)c(I)c3)c12. The number of nitrogens with two attached hydrogens (primary N) is 1. The highest BCUT2D eigenvalue weighted by Gasteiger charge is 2.30. The molecule has 13 heteroatoms. The summed E-state index contributed by atoms with van der Waals surface area (Å²) < 4.78 is 47.1. The van der Waals surface area contributed by atoms with Crippen LogP contribution in [0, 0.1) is 3.57 Å². The standard InChI is InChI=1S/C26H25F3IN7O2/c27-26(28,29)17-3-1-4-18(12-17)34-25(38)35-22-6-5-16(11-21(22)30)20-13-19(14-36-7-2-9-39-10-8-36)37-23(20)24(31)32-15-33-37/h1,3-6,11-13,15H,2,7-10,14H2,(H2,31,32,33)(H2,34,35,38). The van der Waals surface area contributed by atoms with Gasteiger partial charge in [-0.25, -0.2) is 14.3 Å². The zero-order valence-corrected chi connectivity index (χ0v) is 22.8. The summed E-state index contributed by atoms with van der Waals surface area (Å²) >= 11 is 2.10. The third-order valence-electron chi connectivity index (χ3n) is 6.33. The third kappa shape index (κ3) is 6.25. The Morgan fingerprint density at radius 3 is 2.74 bits per heavy atom. The van der Waals surface area contributed by atoms with Crippen molar-refractivity contribution in [2.24, 2.45) is 0 Å². The number of nitrogen functional groups attached to an aromatic ring is 1. The fraction of sp³-hybridized carbons (Fsp3) is 0.269. The van der Waals surface area contributed by atoms with Crippen LogP contribution in [-0.4, -0.2) is 51.8 Å². The van der Waals surface area contributed by atoms with E-state index in [1.807, 2.05) is 22.7 Å². The lowest BCUT2D eigenvalue weighted by Crippen LogP contribution is -2.26. The minimum atomic E-state index is -4.50. The van der Waals surface area contributed by atoms with Gasteiger partial charge in [0, 0.05) is 41.1 Å². The largest absolute Gasteiger partial charge is 0.416 e. The quantitative estimate of drug-likeness (QED) is 0.247. The van der Waals surface area contributed by atoms with Crippen LogP contribution < -0.4 is 16.4 Å². The van der Waals surface area contributed by atoms with E-state index in [0.29, 0.717) is 30.2 Å². The number of carbonyl (C=O) groups is 1. The molecule has 0 spiro atoms. The number of amides is 2. The average molecular weight is 651 g/mol. The molecule has 0 saturated carbocycles. The van der Waals surface area contributed by atoms with E-state index in [1.165, 1.54) is 18.5 Å². The maximum absolute atomic E-state index is 13.0. The van der Waals surface area contributed by atoms with Crippen molar-refractivity contribution in [2.45, 2.75) is 19.1 Å². The zero-order chi connectivity index (χ0) is 27.6. The number of fused-ring (bicyclic) bond motifs is 1. The van der Waals surface area contributed by atoms with Crippen molar-refractivity contribution in [3.05, 3.63) is 69.7 Å². The molecule has 1 aliphatic heterocycles. The summed E-state index contributed by atoms with van der Waals surface area (Å²) in [5.41, 5.74) is 9.33. The van der Waals surface area contributed by atoms with Crippen LogP contribution in [-0.2, 0) is 17.5 Å². The van der Waals surface area contributed by atoms with Crippen molar-refractivity contribution in [3.8, 4) is 11.1 Å². The van der Waals surface area contributed by atoms with Gasteiger partial charge < -0.3 is 21.1 Å². The lowest BCUT2D eigenvalue weighted by molar-refractivity contribution is -0.137. The Bertz CT molecular complexity index is 1500. The predicted octanol–water partition coefficient (Wildman–Crippen LogP) is 5.47. The molecule has 1 aliphatic rings. The molecular weight excluding hydrogens is 626 g/mol. The molecule has 3 heterocycles. The van der Waals surface area contributed by atoms with Gasteiger partial charge >= 0.3 is 12.2 Å². The molecule has 9 nitrogen and oxygen atoms in total. The maximum Gasteiger partial charge on any atom is 0.416 e. The molecule has 0 atom stereocenters. The topological polar surface area (TPSA) is 110 Å². The lowest BCUT2D eigenvalue weighted by Gasteiger charge is -2.18. The summed E-state index contributed by atoms with van der Waals surface area (Å²) in [7, 11) is 0. The number of nitrogens with zero attached hydrogens (tertiary/aromatic N) is 4. The van der Waals surface area contributed by atoms with Crippen LogP contribution in [0.1, 0.15) is 17.7 Å². The molecule has 2 amide bonds. The predicted molar refractivity (Wildman–Crippen MR) is 150 cm³/mol. The van der Waals surface area contributed by atoms with Gasteiger partial charge in [-0.15, -0.1) is 0 Å². The number of alkyl halides is 3. The first-order valence-electron chi connectivity index (χ1n) is 12.2. The van der Waals surface area contributed by atoms with Crippen LogP contribution in [0.4, 0.5) is 35.2 Å². The van der Waals surface area contributed by atoms with Gasteiger partial charge in [0.2, 0.25) is 0 Å². The van der Waals surface area contributed by atoms with E-state index in [0.717, 1.165) is 58.6 Å². The van der Waals surface area contributed by atoms with Crippen LogP contribution in [0.5, 0.6) is 0 Å². The Kier molecular flexibility index (Phi) is 7.91. The number of nitrogens with one attached hydrogen (secondary N) is 2. The van der Waals surface area contributed by atoms with E-state index >= 15 is 0 Å². The molecular formula is C26H25F3IN7O2. The molecule has 5 rings (SSSR count). The van der Waals surface area contributed by atoms with Crippen molar-refractivity contribution >= 4 is 51.3 Å². The van der Waals surface area contributed by atoms with Gasteiger partial charge in [0.25, 0.3) is 0 Å². The molecule has 0 bridgehead atoms. The number of benzene rings is 2. The second-order valence-electron chi connectivity index (χ2n) is 9.05. The number of hydrogen-bond acceptors (Lipinski definition) is 6. The van der Waals surface area contributed by atoms with Gasteiger partial charge in [-0.3, -0.25) is 4.90 Å². The van der Waals surface area contributed by atoms with Crippen molar-refractivity contribution in [1.29, 1.82) is 0 Å². The number of rotatable bonds is 5. The average Bonchev–Trinajstić information content (AvgIpc) is 3.06. The van der Waals surface area contributed by atoms with Gasteiger partial charge in [-0.1, -0.05) is 12.1 Å². The minimum absolute atomic E-state index is 0.0354. The number of carbonyl (C=O) groups excluding carboxylic acids is 1. The molecule has 0 aliphatic carbocycles. The first kappa shape index (κ1) is 27.1. The van der Waals surface area contributed by atoms with Crippen LogP contribution in [0.2, 0.25) is 0 Å². The number of hydrogen-bond donors (Lipinski definition) is 3. The zero-order valence-electron chi connectivity index (χ0n) is 20.6. The van der Waals surface area contributed by atoms with Gasteiger partial charge in [0.1, 0.15) is 11.8 Å². The minimum Gasteiger partial charge on any atom is -0.382 e. The van der Waals surface area contributed by atoms with Gasteiger partial charge in [-0.05, 0) is 71.0 Å². The fourth-order valence-corrected chi connectivity index (χ4v) is 5.14. The normalized spacial score (nSPS) is 14.8. The van der Waals surface area contributed by atoms with Crippen molar-refractivity contribution in [2.75, 3.05) is 42.7 Å². The number of aromatic nitrogens is 3. The highest BCUT2D eigenvalue weighted by molar-refractivity contribution is 14.1. The molecule has 1 fully saturated rings. The van der Waals surface area contributed by atoms with Crippen LogP contribution in [0.3, 0.4) is 0 Å². The Morgan fingerprint density at radius 2 is 1.95 bits per heavy atom. The van der Waals surface area contributed by atoms with Gasteiger partial charge in [0.05, 0.1) is 23.6 Å². The van der Waals surface area contributed by atoms with Crippen LogP contribution in [0.25, 0.3) is 16.6 Å². The first-order valence-corrected chi connectivity index (χ1v) is 13.2. The van der Waals surface area contributed by atoms with Gasteiger partial charge in [-0.2, -0.15) is 18.3 Å². The Hall–Kier alpha value is -3.43. The van der Waals surface area contributed by atoms with Crippen molar-refractivity contribution in [3.63, 3.8) is 0 Å². The smallest absolute Gasteiger partial charge is 0.382 e. The molecule has 1 saturated heterocycles. The Morgan fingerprint density at radius 1 is 1.10 bits per heavy atom. The second kappa shape index (κ2) is 11.4. The Labute approximate surface area is 235 Å². The molecule has 2 aromatic carbocycles. The molecule has 4 aromatic rings. The van der Waals surface area contributed by atoms with Crippen molar-refractivity contribution < 1.29 is 22.7 Å². The van der Waals surface area contributed by atoms with Crippen molar-refractivity contribution in [1.82, 2.24) is 19.5 Å². The van der Waals surface area contributed by atoms with E-state index < -0.39 is 17.8 Å². The first-order chi connectivity index (χ1) is 18.7. The van der Waals surface area contributed by atoms with Crippen LogP contribution in [0.15, 0.2) is 54.9 Å². The molecule has 2 aromatic heterocycles. The molecule has 0 radical (unpaired) electrons. The monoisotopic (exact) mass is 651 g/mol. The summed E-state index contributed by atoms with van der Waals surface area (Å²) in [6, 6.07) is 11.3. The molecule has 0 unspecified atom stereocenters. The van der Waals surface area contributed by atoms with Gasteiger partial charge in [0.15, 0.2) is 5.82 Å². The maximum atomic E-state index is 13.0.